The Hall–Kier alpha value is -1.55. The van der Waals surface area contributed by atoms with E-state index in [1.165, 1.54) is 4.74 Å². The minimum Gasteiger partial charge on any atom is -0.398 e. The van der Waals surface area contributed by atoms with Crippen molar-refractivity contribution in [3.63, 3.8) is 0 Å². The van der Waals surface area contributed by atoms with E-state index in [4.69, 9.17) is 0 Å². The fourth-order valence-electron chi connectivity index (χ4n) is 0.734. The number of alkyl halides is 11. The molecule has 24 heavy (non-hydrogen) atoms. The number of ether oxygens (including phenoxy) is 2. The van der Waals surface area contributed by atoms with E-state index in [0.717, 1.165) is 0 Å². The van der Waals surface area contributed by atoms with Crippen LogP contribution in [0.3, 0.4) is 0 Å². The van der Waals surface area contributed by atoms with E-state index in [1.807, 2.05) is 4.74 Å². The lowest BCUT2D eigenvalue weighted by molar-refractivity contribution is -0.526. The number of hydrogen-bond donors (Lipinski definition) is 0. The van der Waals surface area contributed by atoms with Gasteiger partial charge in [0.1, 0.15) is 0 Å². The molecule has 1 unspecified atom stereocenters. The summed E-state index contributed by atoms with van der Waals surface area (Å²) in [6.07, 6.45) is -32.7. The van der Waals surface area contributed by atoms with Gasteiger partial charge < -0.3 is 4.74 Å². The summed E-state index contributed by atoms with van der Waals surface area (Å²) in [6, 6.07) is -3.87. The molecule has 0 aliphatic carbocycles. The highest BCUT2D eigenvalue weighted by atomic mass is 19.4. The molecule has 2 nitrogen and oxygen atoms in total. The monoisotopic (exact) mass is 402 g/mol. The van der Waals surface area contributed by atoms with Crippen LogP contribution in [0.2, 0.25) is 0 Å². The van der Waals surface area contributed by atoms with Gasteiger partial charge in [-0.3, -0.25) is 9.44 Å². The zero-order chi connectivity index (χ0) is 19.1. The van der Waals surface area contributed by atoms with Crippen molar-refractivity contribution in [2.45, 2.75) is 30.4 Å². The molecule has 0 amide bonds. The van der Waals surface area contributed by atoms with E-state index in [1.54, 1.807) is 0 Å². The van der Waals surface area contributed by atoms with Crippen molar-refractivity contribution >= 4 is 0 Å². The third kappa shape index (κ3) is 4.73. The van der Waals surface area contributed by atoms with Gasteiger partial charge in [-0.05, 0) is 0 Å². The van der Waals surface area contributed by atoms with Crippen LogP contribution in [-0.4, -0.2) is 30.4 Å². The molecule has 0 aromatic rings. The predicted octanol–water partition coefficient (Wildman–Crippen LogP) is 5.18. The van der Waals surface area contributed by atoms with E-state index >= 15 is 0 Å². The summed E-state index contributed by atoms with van der Waals surface area (Å²) in [5.74, 6) is -7.34. The molecule has 0 fully saturated rings. The number of hydrogen-bond acceptors (Lipinski definition) is 2. The lowest BCUT2D eigenvalue weighted by atomic mass is 10.2. The van der Waals surface area contributed by atoms with Crippen molar-refractivity contribution in [2.75, 3.05) is 0 Å². The smallest absolute Gasteiger partial charge is 0.398 e. The first kappa shape index (κ1) is 24.7. The Morgan fingerprint density at radius 2 is 0.958 bits per heavy atom. The van der Waals surface area contributed by atoms with Crippen LogP contribution >= 0.6 is 0 Å². The average molecular weight is 402 g/mol. The number of halogens is 15. The molecule has 0 rings (SSSR count). The van der Waals surface area contributed by atoms with Crippen LogP contribution in [0, 0.1) is 0 Å². The van der Waals surface area contributed by atoms with Crippen molar-refractivity contribution in [1.29, 1.82) is 0 Å². The molecule has 0 aromatic carbocycles. The Kier molecular flexibility index (Phi) is 6.95. The molecular formula is C7HF15O2. The van der Waals surface area contributed by atoms with Crippen molar-refractivity contribution in [3.8, 4) is 0 Å². The zero-order valence-electron chi connectivity index (χ0n) is 10.0. The fraction of sp³-hybridized carbons (Fsp3) is 0.714. The molecular weight excluding hydrogens is 401 g/mol. The Bertz CT molecular complexity index is 457. The van der Waals surface area contributed by atoms with Crippen molar-refractivity contribution in [3.05, 3.63) is 12.1 Å². The average Bonchev–Trinajstić information content (AvgIpc) is 2.23. The topological polar surface area (TPSA) is 18.5 Å². The molecule has 0 aromatic heterocycles. The van der Waals surface area contributed by atoms with E-state index in [-0.39, 0.29) is 4.70 Å². The van der Waals surface area contributed by atoms with Crippen LogP contribution in [0.4, 0.5) is 66.2 Å². The molecule has 0 radical (unpaired) electrons. The summed E-state index contributed by atoms with van der Waals surface area (Å²) in [7, 11) is 0. The van der Waals surface area contributed by atoms with Gasteiger partial charge in [0, 0.05) is 0 Å². The van der Waals surface area contributed by atoms with Gasteiger partial charge in [-0.1, -0.05) is 0 Å². The quantitative estimate of drug-likeness (QED) is 0.466. The normalized spacial score (nSPS) is 16.1. The standard InChI is InChI=1S/C7F14O2.FH/c8-1(9)2(10)22-6(18,19)3(11,4(12,13)14)23-7(20,21)5(15,16)17;/h;1H. The Labute approximate surface area is 120 Å². The molecule has 17 heteroatoms. The second kappa shape index (κ2) is 6.75. The first-order chi connectivity index (χ1) is 9.78. The third-order valence-electron chi connectivity index (χ3n) is 1.70. The van der Waals surface area contributed by atoms with E-state index in [9.17, 15) is 61.5 Å². The molecule has 0 spiro atoms. The maximum absolute atomic E-state index is 13.1. The van der Waals surface area contributed by atoms with Crippen molar-refractivity contribution in [2.24, 2.45) is 0 Å². The van der Waals surface area contributed by atoms with Gasteiger partial charge in [0.25, 0.3) is 0 Å². The maximum atomic E-state index is 13.1. The number of rotatable bonds is 5. The minimum atomic E-state index is -7.39. The second-order valence-corrected chi connectivity index (χ2v) is 3.36. The van der Waals surface area contributed by atoms with Crippen LogP contribution in [-0.2, 0) is 9.47 Å². The lowest BCUT2D eigenvalue weighted by Crippen LogP contribution is -2.62. The van der Waals surface area contributed by atoms with E-state index < -0.39 is 42.5 Å². The molecule has 0 N–H and O–H groups in total. The first-order valence-electron chi connectivity index (χ1n) is 4.46. The van der Waals surface area contributed by atoms with Gasteiger partial charge in [0.15, 0.2) is 0 Å². The highest BCUT2D eigenvalue weighted by Crippen LogP contribution is 2.52. The van der Waals surface area contributed by atoms with Gasteiger partial charge in [-0.15, -0.1) is 0 Å². The van der Waals surface area contributed by atoms with Gasteiger partial charge >= 0.3 is 42.5 Å². The maximum Gasteiger partial charge on any atom is 0.483 e. The summed E-state index contributed by atoms with van der Waals surface area (Å²) in [4.78, 5) is 0. The van der Waals surface area contributed by atoms with Crippen LogP contribution in [0.5, 0.6) is 0 Å². The zero-order valence-corrected chi connectivity index (χ0v) is 10.0. The third-order valence-corrected chi connectivity index (χ3v) is 1.70. The molecule has 0 bridgehead atoms. The largest absolute Gasteiger partial charge is 0.483 e. The molecule has 146 valence electrons. The van der Waals surface area contributed by atoms with E-state index in [2.05, 4.69) is 0 Å². The van der Waals surface area contributed by atoms with Crippen LogP contribution in [0.25, 0.3) is 0 Å². The molecule has 1 atom stereocenters. The summed E-state index contributed by atoms with van der Waals surface area (Å²) < 4.78 is 172. The molecule has 0 saturated carbocycles. The van der Waals surface area contributed by atoms with Crippen LogP contribution < -0.4 is 0 Å². The van der Waals surface area contributed by atoms with Gasteiger partial charge in [-0.25, -0.2) is 0 Å². The lowest BCUT2D eigenvalue weighted by Gasteiger charge is -2.35. The second-order valence-electron chi connectivity index (χ2n) is 3.36. The molecule has 0 aliphatic heterocycles. The summed E-state index contributed by atoms with van der Waals surface area (Å²) >= 11 is 0. The van der Waals surface area contributed by atoms with Gasteiger partial charge in [0.05, 0.1) is 0 Å². The van der Waals surface area contributed by atoms with Crippen molar-refractivity contribution in [1.82, 2.24) is 0 Å². The Balaban J connectivity index is 0. The molecule has 0 saturated heterocycles. The molecule has 0 heterocycles. The highest BCUT2D eigenvalue weighted by Gasteiger charge is 2.81. The Morgan fingerprint density at radius 3 is 1.21 bits per heavy atom. The summed E-state index contributed by atoms with van der Waals surface area (Å²) in [5, 5.41) is 0. The first-order valence-corrected chi connectivity index (χ1v) is 4.46. The van der Waals surface area contributed by atoms with Gasteiger partial charge in [-0.2, -0.15) is 61.5 Å². The Morgan fingerprint density at radius 1 is 0.583 bits per heavy atom. The van der Waals surface area contributed by atoms with E-state index in [0.29, 0.717) is 0 Å². The highest BCUT2D eigenvalue weighted by molar-refractivity contribution is 4.93. The predicted molar refractivity (Wildman–Crippen MR) is 40.9 cm³/mol. The summed E-state index contributed by atoms with van der Waals surface area (Å²) in [6.45, 7) is 0. The van der Waals surface area contributed by atoms with Crippen LogP contribution in [0.1, 0.15) is 0 Å². The van der Waals surface area contributed by atoms with Crippen LogP contribution in [0.15, 0.2) is 12.1 Å². The minimum absolute atomic E-state index is 0. The SMILES string of the molecule is F.FC(F)=C(F)OC(F)(F)C(F)(OC(F)(F)C(F)(F)F)C(F)(F)F. The summed E-state index contributed by atoms with van der Waals surface area (Å²) in [5.41, 5.74) is 0. The van der Waals surface area contributed by atoms with Gasteiger partial charge in [0.2, 0.25) is 0 Å². The van der Waals surface area contributed by atoms with Crippen molar-refractivity contribution < 1.29 is 75.6 Å². The molecule has 0 aliphatic rings. The fourth-order valence-corrected chi connectivity index (χ4v) is 0.734.